The number of benzene rings is 2. The standard InChI is InChI=1S/C28H28FN3O4S/c1-2-3-4-18-17-9-5-15(11-14(17)6-10-23(18)36-28(30)35)19-13-22-20(12-21(19)29)25(33)24-26(34)31-37-27(24)32(22)16-7-8-16/h5,9,11-13,16,18,23H,2-4,6-8,10H2,1H3,(H2,30,35)(H,31,34). The van der Waals surface area contributed by atoms with Gasteiger partial charge in [0.2, 0.25) is 5.43 Å². The number of unbranched alkanes of at least 4 members (excludes halogenated alkanes) is 1. The maximum Gasteiger partial charge on any atom is 0.404 e. The summed E-state index contributed by atoms with van der Waals surface area (Å²) in [7, 11) is 0. The molecule has 3 N–H and O–H groups in total. The second-order valence-electron chi connectivity index (χ2n) is 10.2. The van der Waals surface area contributed by atoms with Gasteiger partial charge in [-0.05, 0) is 72.5 Å². The van der Waals surface area contributed by atoms with Gasteiger partial charge in [-0.1, -0.05) is 38.0 Å². The number of aryl methyl sites for hydroxylation is 1. The Balaban J connectivity index is 1.48. The Morgan fingerprint density at radius 3 is 2.76 bits per heavy atom. The number of hydrogen-bond donors (Lipinski definition) is 2. The molecule has 1 amide bonds. The molecule has 2 aromatic carbocycles. The SMILES string of the molecule is CCCCC1c2ccc(-c3cc4c(cc3F)c(=O)c3c(=O)[nH]sc3n4C3CC3)cc2CCC1OC(N)=O. The average Bonchev–Trinajstić information content (AvgIpc) is 3.64. The molecule has 2 aromatic heterocycles. The van der Waals surface area contributed by atoms with Crippen LogP contribution in [0.4, 0.5) is 9.18 Å². The molecule has 2 atom stereocenters. The van der Waals surface area contributed by atoms with E-state index in [4.69, 9.17) is 10.5 Å². The van der Waals surface area contributed by atoms with Crippen LogP contribution in [0.1, 0.15) is 68.5 Å². The van der Waals surface area contributed by atoms with E-state index in [9.17, 15) is 14.4 Å². The van der Waals surface area contributed by atoms with Gasteiger partial charge in [0.15, 0.2) is 0 Å². The molecular weight excluding hydrogens is 493 g/mol. The Kier molecular flexibility index (Phi) is 5.90. The molecule has 2 aliphatic carbocycles. The Morgan fingerprint density at radius 1 is 1.22 bits per heavy atom. The lowest BCUT2D eigenvalue weighted by Crippen LogP contribution is -2.32. The predicted molar refractivity (Wildman–Crippen MR) is 143 cm³/mol. The molecule has 0 spiro atoms. The van der Waals surface area contributed by atoms with Crippen molar-refractivity contribution in [2.45, 2.75) is 69.9 Å². The summed E-state index contributed by atoms with van der Waals surface area (Å²) in [6.45, 7) is 2.13. The number of nitrogens with one attached hydrogen (secondary N) is 1. The minimum absolute atomic E-state index is 0.0522. The maximum atomic E-state index is 15.5. The van der Waals surface area contributed by atoms with Gasteiger partial charge < -0.3 is 15.0 Å². The molecule has 6 rings (SSSR count). The van der Waals surface area contributed by atoms with Crippen molar-refractivity contribution < 1.29 is 13.9 Å². The molecule has 0 saturated heterocycles. The average molecular weight is 522 g/mol. The second-order valence-corrected chi connectivity index (χ2v) is 11.0. The van der Waals surface area contributed by atoms with Gasteiger partial charge in [0.25, 0.3) is 5.56 Å². The highest BCUT2D eigenvalue weighted by atomic mass is 32.1. The Morgan fingerprint density at radius 2 is 2.03 bits per heavy atom. The molecule has 1 fully saturated rings. The van der Waals surface area contributed by atoms with E-state index in [0.717, 1.165) is 60.3 Å². The molecule has 0 aliphatic heterocycles. The normalized spacial score (nSPS) is 19.3. The van der Waals surface area contributed by atoms with Crippen LogP contribution in [-0.2, 0) is 11.2 Å². The third-order valence-corrected chi connectivity index (χ3v) is 8.65. The molecule has 2 unspecified atom stereocenters. The van der Waals surface area contributed by atoms with Crippen LogP contribution in [0.3, 0.4) is 0 Å². The largest absolute Gasteiger partial charge is 0.446 e. The van der Waals surface area contributed by atoms with Crippen molar-refractivity contribution in [1.29, 1.82) is 0 Å². The monoisotopic (exact) mass is 521 g/mol. The van der Waals surface area contributed by atoms with Crippen LogP contribution in [-0.4, -0.2) is 21.1 Å². The molecule has 4 aromatic rings. The Bertz CT molecular complexity index is 1670. The zero-order chi connectivity index (χ0) is 25.8. The van der Waals surface area contributed by atoms with Crippen molar-refractivity contribution in [3.05, 3.63) is 67.9 Å². The molecular formula is C28H28FN3O4S. The number of carbonyl (C=O) groups is 1. The van der Waals surface area contributed by atoms with E-state index in [2.05, 4.69) is 11.3 Å². The van der Waals surface area contributed by atoms with Crippen LogP contribution in [0.25, 0.3) is 32.2 Å². The first-order chi connectivity index (χ1) is 17.9. The second kappa shape index (κ2) is 9.13. The van der Waals surface area contributed by atoms with Crippen molar-refractivity contribution in [3.8, 4) is 11.1 Å². The number of H-pyrrole nitrogens is 1. The molecule has 0 bridgehead atoms. The third kappa shape index (κ3) is 4.05. The lowest BCUT2D eigenvalue weighted by atomic mass is 9.77. The summed E-state index contributed by atoms with van der Waals surface area (Å²) in [4.78, 5) is 37.6. The van der Waals surface area contributed by atoms with Crippen molar-refractivity contribution in [1.82, 2.24) is 8.94 Å². The highest BCUT2D eigenvalue weighted by molar-refractivity contribution is 7.12. The zero-order valence-electron chi connectivity index (χ0n) is 20.5. The van der Waals surface area contributed by atoms with Gasteiger partial charge in [0.05, 0.1) is 5.52 Å². The first-order valence-corrected chi connectivity index (χ1v) is 13.7. The highest BCUT2D eigenvalue weighted by Gasteiger charge is 2.32. The number of nitrogens with two attached hydrogens (primary N) is 1. The van der Waals surface area contributed by atoms with Gasteiger partial charge in [-0.25, -0.2) is 9.18 Å². The number of ether oxygens (including phenoxy) is 1. The fraction of sp³-hybridized carbons (Fsp3) is 0.393. The number of nitrogens with zero attached hydrogens (tertiary/aromatic N) is 1. The van der Waals surface area contributed by atoms with Crippen LogP contribution < -0.4 is 16.7 Å². The zero-order valence-corrected chi connectivity index (χ0v) is 21.3. The number of amides is 1. The molecule has 1 saturated carbocycles. The van der Waals surface area contributed by atoms with Crippen molar-refractivity contribution in [2.75, 3.05) is 0 Å². The molecule has 2 heterocycles. The molecule has 7 nitrogen and oxygen atoms in total. The van der Waals surface area contributed by atoms with Crippen molar-refractivity contribution in [3.63, 3.8) is 0 Å². The number of primary amides is 1. The van der Waals surface area contributed by atoms with E-state index in [1.807, 2.05) is 22.8 Å². The smallest absolute Gasteiger partial charge is 0.404 e. The van der Waals surface area contributed by atoms with Gasteiger partial charge in [-0.3, -0.25) is 14.0 Å². The first kappa shape index (κ1) is 23.9. The van der Waals surface area contributed by atoms with Gasteiger partial charge in [0.1, 0.15) is 22.1 Å². The van der Waals surface area contributed by atoms with E-state index in [1.165, 1.54) is 6.07 Å². The van der Waals surface area contributed by atoms with E-state index in [0.29, 0.717) is 28.8 Å². The lowest BCUT2D eigenvalue weighted by molar-refractivity contribution is 0.0765. The summed E-state index contributed by atoms with van der Waals surface area (Å²) in [6.07, 6.45) is 5.18. The Hall–Kier alpha value is -3.46. The van der Waals surface area contributed by atoms with Crippen LogP contribution in [0, 0.1) is 5.82 Å². The number of carbonyl (C=O) groups excluding carboxylic acids is 1. The molecule has 2 aliphatic rings. The molecule has 37 heavy (non-hydrogen) atoms. The highest BCUT2D eigenvalue weighted by Crippen LogP contribution is 2.42. The fourth-order valence-electron chi connectivity index (χ4n) is 5.87. The van der Waals surface area contributed by atoms with Crippen molar-refractivity contribution >= 4 is 38.7 Å². The van der Waals surface area contributed by atoms with Crippen LogP contribution in [0.5, 0.6) is 0 Å². The fourth-order valence-corrected chi connectivity index (χ4v) is 6.80. The first-order valence-electron chi connectivity index (χ1n) is 12.9. The number of aromatic nitrogens is 2. The molecule has 9 heteroatoms. The summed E-state index contributed by atoms with van der Waals surface area (Å²) in [5.41, 5.74) is 8.52. The van der Waals surface area contributed by atoms with Gasteiger partial charge in [-0.2, -0.15) is 0 Å². The minimum Gasteiger partial charge on any atom is -0.446 e. The summed E-state index contributed by atoms with van der Waals surface area (Å²) >= 11 is 1.16. The number of aromatic amines is 1. The van der Waals surface area contributed by atoms with Gasteiger partial charge in [0, 0.05) is 22.9 Å². The lowest BCUT2D eigenvalue weighted by Gasteiger charge is -2.33. The Labute approximate surface area is 216 Å². The van der Waals surface area contributed by atoms with Gasteiger partial charge >= 0.3 is 6.09 Å². The summed E-state index contributed by atoms with van der Waals surface area (Å²) < 4.78 is 25.7. The quantitative estimate of drug-likeness (QED) is 0.338. The number of halogens is 1. The summed E-state index contributed by atoms with van der Waals surface area (Å²) in [5, 5.41) is 0.338. The topological polar surface area (TPSA) is 107 Å². The van der Waals surface area contributed by atoms with E-state index < -0.39 is 22.9 Å². The van der Waals surface area contributed by atoms with Crippen molar-refractivity contribution in [2.24, 2.45) is 5.73 Å². The summed E-state index contributed by atoms with van der Waals surface area (Å²) in [6, 6.07) is 9.17. The predicted octanol–water partition coefficient (Wildman–Crippen LogP) is 5.73. The van der Waals surface area contributed by atoms with E-state index in [-0.39, 0.29) is 28.8 Å². The van der Waals surface area contributed by atoms with Crippen LogP contribution in [0.2, 0.25) is 0 Å². The molecule has 0 radical (unpaired) electrons. The number of pyridine rings is 1. The maximum absolute atomic E-state index is 15.5. The van der Waals surface area contributed by atoms with Crippen LogP contribution in [0.15, 0.2) is 39.9 Å². The minimum atomic E-state index is -0.756. The van der Waals surface area contributed by atoms with Crippen LogP contribution >= 0.6 is 11.5 Å². The van der Waals surface area contributed by atoms with E-state index >= 15 is 4.39 Å². The van der Waals surface area contributed by atoms with E-state index in [1.54, 1.807) is 6.07 Å². The third-order valence-electron chi connectivity index (χ3n) is 7.77. The number of rotatable bonds is 6. The molecule has 192 valence electrons. The number of fused-ring (bicyclic) bond motifs is 3. The summed E-state index contributed by atoms with van der Waals surface area (Å²) in [5.74, 6) is -0.442. The van der Waals surface area contributed by atoms with Gasteiger partial charge in [-0.15, -0.1) is 0 Å². The number of hydrogen-bond acceptors (Lipinski definition) is 5.